The van der Waals surface area contributed by atoms with Gasteiger partial charge in [0.2, 0.25) is 0 Å². The number of aromatic nitrogens is 1. The molecule has 0 radical (unpaired) electrons. The van der Waals surface area contributed by atoms with Crippen LogP contribution in [0.25, 0.3) is 0 Å². The fourth-order valence-electron chi connectivity index (χ4n) is 1.99. The molecule has 0 aliphatic rings. The molecule has 96 valence electrons. The molecule has 0 bridgehead atoms. The molecule has 0 N–H and O–H groups in total. The highest BCUT2D eigenvalue weighted by atomic mass is 79.9. The van der Waals surface area contributed by atoms with Gasteiger partial charge >= 0.3 is 0 Å². The molecule has 0 spiro atoms. The average Bonchev–Trinajstić information content (AvgIpc) is 2.35. The molecular weight excluding hydrogens is 274 g/mol. The van der Waals surface area contributed by atoms with Crippen molar-refractivity contribution in [1.82, 2.24) is 4.98 Å². The quantitative estimate of drug-likeness (QED) is 0.454. The van der Waals surface area contributed by atoms with Crippen LogP contribution in [0.15, 0.2) is 24.4 Å². The van der Waals surface area contributed by atoms with E-state index in [2.05, 4.69) is 40.0 Å². The first-order chi connectivity index (χ1) is 8.33. The van der Waals surface area contributed by atoms with Gasteiger partial charge in [0.25, 0.3) is 0 Å². The molecule has 0 aromatic carbocycles. The summed E-state index contributed by atoms with van der Waals surface area (Å²) in [5.41, 5.74) is 1.19. The number of hydrogen-bond donors (Lipinski definition) is 0. The Bertz CT molecular complexity index is 274. The first-order valence-electron chi connectivity index (χ1n) is 6.87. The van der Waals surface area contributed by atoms with Crippen molar-refractivity contribution in [3.8, 4) is 0 Å². The lowest BCUT2D eigenvalue weighted by Crippen LogP contribution is -2.04. The summed E-state index contributed by atoms with van der Waals surface area (Å²) in [5, 5.41) is 0. The molecule has 1 aromatic heterocycles. The minimum absolute atomic E-state index is 0.587. The Morgan fingerprint density at radius 2 is 1.88 bits per heavy atom. The number of hydrogen-bond acceptors (Lipinski definition) is 1. The van der Waals surface area contributed by atoms with Crippen molar-refractivity contribution in [2.24, 2.45) is 0 Å². The zero-order valence-electron chi connectivity index (χ0n) is 10.9. The van der Waals surface area contributed by atoms with Gasteiger partial charge in [0.1, 0.15) is 0 Å². The summed E-state index contributed by atoms with van der Waals surface area (Å²) in [6, 6.07) is 6.14. The molecule has 17 heavy (non-hydrogen) atoms. The first-order valence-corrected chi connectivity index (χ1v) is 7.78. The number of halogens is 1. The number of pyridine rings is 1. The van der Waals surface area contributed by atoms with Crippen molar-refractivity contribution in [2.45, 2.75) is 63.1 Å². The van der Waals surface area contributed by atoms with Crippen LogP contribution in [0.4, 0.5) is 0 Å². The predicted octanol–water partition coefficient (Wildman–Crippen LogP) is 5.14. The van der Waals surface area contributed by atoms with Crippen LogP contribution in [0.1, 0.15) is 57.6 Å². The number of nitrogens with zero attached hydrogens (tertiary/aromatic N) is 1. The maximum absolute atomic E-state index is 4.36. The molecule has 0 aliphatic heterocycles. The lowest BCUT2D eigenvalue weighted by molar-refractivity contribution is 0.581. The third-order valence-corrected chi connectivity index (χ3v) is 3.81. The minimum Gasteiger partial charge on any atom is -0.261 e. The van der Waals surface area contributed by atoms with E-state index in [0.29, 0.717) is 4.83 Å². The monoisotopic (exact) mass is 297 g/mol. The van der Waals surface area contributed by atoms with Crippen molar-refractivity contribution in [1.29, 1.82) is 0 Å². The summed E-state index contributed by atoms with van der Waals surface area (Å²) in [6.07, 6.45) is 12.4. The van der Waals surface area contributed by atoms with Gasteiger partial charge in [-0.05, 0) is 18.6 Å². The third kappa shape index (κ3) is 7.54. The Labute approximate surface area is 114 Å². The second kappa shape index (κ2) is 9.64. The predicted molar refractivity (Wildman–Crippen MR) is 78.6 cm³/mol. The van der Waals surface area contributed by atoms with E-state index < -0.39 is 0 Å². The minimum atomic E-state index is 0.587. The van der Waals surface area contributed by atoms with Crippen molar-refractivity contribution in [3.05, 3.63) is 30.1 Å². The average molecular weight is 298 g/mol. The Kier molecular flexibility index (Phi) is 8.33. The van der Waals surface area contributed by atoms with Crippen molar-refractivity contribution < 1.29 is 0 Å². The molecule has 0 amide bonds. The normalized spacial score (nSPS) is 12.6. The van der Waals surface area contributed by atoms with Crippen LogP contribution in [0.3, 0.4) is 0 Å². The molecule has 1 unspecified atom stereocenters. The van der Waals surface area contributed by atoms with Gasteiger partial charge in [-0.3, -0.25) is 4.98 Å². The van der Waals surface area contributed by atoms with Gasteiger partial charge in [0, 0.05) is 23.1 Å². The van der Waals surface area contributed by atoms with Gasteiger partial charge in [-0.2, -0.15) is 0 Å². The van der Waals surface area contributed by atoms with Gasteiger partial charge in [-0.15, -0.1) is 0 Å². The van der Waals surface area contributed by atoms with Crippen LogP contribution >= 0.6 is 15.9 Å². The SMILES string of the molecule is CCCCCCCCC(Br)Cc1ccccn1. The molecule has 1 nitrogen and oxygen atoms in total. The number of unbranched alkanes of at least 4 members (excludes halogenated alkanes) is 5. The van der Waals surface area contributed by atoms with Gasteiger partial charge in [0.15, 0.2) is 0 Å². The smallest absolute Gasteiger partial charge is 0.0414 e. The van der Waals surface area contributed by atoms with E-state index in [4.69, 9.17) is 0 Å². The molecule has 1 rings (SSSR count). The van der Waals surface area contributed by atoms with E-state index in [1.807, 2.05) is 12.3 Å². The van der Waals surface area contributed by atoms with Gasteiger partial charge < -0.3 is 0 Å². The zero-order valence-corrected chi connectivity index (χ0v) is 12.5. The largest absolute Gasteiger partial charge is 0.261 e. The van der Waals surface area contributed by atoms with Gasteiger partial charge in [0.05, 0.1) is 0 Å². The summed E-state index contributed by atoms with van der Waals surface area (Å²) in [5.74, 6) is 0. The van der Waals surface area contributed by atoms with Crippen LogP contribution < -0.4 is 0 Å². The standard InChI is InChI=1S/C15H24BrN/c1-2-3-4-5-6-7-10-14(16)13-15-11-8-9-12-17-15/h8-9,11-12,14H,2-7,10,13H2,1H3. The molecule has 1 aromatic rings. The molecule has 1 heterocycles. The van der Waals surface area contributed by atoms with Crippen LogP contribution in [0.5, 0.6) is 0 Å². The van der Waals surface area contributed by atoms with E-state index in [9.17, 15) is 0 Å². The van der Waals surface area contributed by atoms with Crippen LogP contribution in [-0.2, 0) is 6.42 Å². The Balaban J connectivity index is 2.03. The lowest BCUT2D eigenvalue weighted by atomic mass is 10.1. The fourth-order valence-corrected chi connectivity index (χ4v) is 2.65. The van der Waals surface area contributed by atoms with Gasteiger partial charge in [-0.1, -0.05) is 67.4 Å². The lowest BCUT2D eigenvalue weighted by Gasteiger charge is -2.08. The topological polar surface area (TPSA) is 12.9 Å². The van der Waals surface area contributed by atoms with Crippen LogP contribution in [-0.4, -0.2) is 9.81 Å². The van der Waals surface area contributed by atoms with E-state index >= 15 is 0 Å². The summed E-state index contributed by atoms with van der Waals surface area (Å²) in [6.45, 7) is 2.27. The Morgan fingerprint density at radius 1 is 1.12 bits per heavy atom. The van der Waals surface area contributed by atoms with E-state index in [1.54, 1.807) is 0 Å². The molecule has 0 aliphatic carbocycles. The maximum Gasteiger partial charge on any atom is 0.0414 e. The van der Waals surface area contributed by atoms with Crippen molar-refractivity contribution in [2.75, 3.05) is 0 Å². The maximum atomic E-state index is 4.36. The van der Waals surface area contributed by atoms with Crippen LogP contribution in [0, 0.1) is 0 Å². The molecule has 0 saturated carbocycles. The first kappa shape index (κ1) is 14.7. The summed E-state index contributed by atoms with van der Waals surface area (Å²) in [4.78, 5) is 4.94. The number of rotatable bonds is 9. The number of alkyl halides is 1. The van der Waals surface area contributed by atoms with Crippen molar-refractivity contribution >= 4 is 15.9 Å². The highest BCUT2D eigenvalue weighted by Crippen LogP contribution is 2.16. The second-order valence-corrected chi connectivity index (χ2v) is 5.97. The van der Waals surface area contributed by atoms with E-state index in [-0.39, 0.29) is 0 Å². The summed E-state index contributed by atoms with van der Waals surface area (Å²) < 4.78 is 0. The fraction of sp³-hybridized carbons (Fsp3) is 0.667. The Hall–Kier alpha value is -0.370. The summed E-state index contributed by atoms with van der Waals surface area (Å²) in [7, 11) is 0. The molecular formula is C15H24BrN. The zero-order chi connectivity index (χ0) is 12.3. The third-order valence-electron chi connectivity index (χ3n) is 3.03. The van der Waals surface area contributed by atoms with Crippen molar-refractivity contribution in [3.63, 3.8) is 0 Å². The molecule has 0 saturated heterocycles. The molecule has 0 fully saturated rings. The second-order valence-electron chi connectivity index (χ2n) is 4.68. The van der Waals surface area contributed by atoms with Gasteiger partial charge in [-0.25, -0.2) is 0 Å². The van der Waals surface area contributed by atoms with E-state index in [1.165, 1.54) is 50.6 Å². The molecule has 2 heteroatoms. The highest BCUT2D eigenvalue weighted by Gasteiger charge is 2.05. The molecule has 1 atom stereocenters. The van der Waals surface area contributed by atoms with Crippen LogP contribution in [0.2, 0.25) is 0 Å². The van der Waals surface area contributed by atoms with E-state index in [0.717, 1.165) is 6.42 Å². The summed E-state index contributed by atoms with van der Waals surface area (Å²) >= 11 is 3.76. The Morgan fingerprint density at radius 3 is 2.59 bits per heavy atom. The highest BCUT2D eigenvalue weighted by molar-refractivity contribution is 9.09.